The minimum Gasteiger partial charge on any atom is -0.308 e. The molecule has 1 aromatic rings. The maximum Gasteiger partial charge on any atom is 0.0795 e. The third-order valence-corrected chi connectivity index (χ3v) is 4.07. The third-order valence-electron chi connectivity index (χ3n) is 3.43. The molecule has 90 valence electrons. The summed E-state index contributed by atoms with van der Waals surface area (Å²) in [7, 11) is 4.38. The highest BCUT2D eigenvalue weighted by molar-refractivity contribution is 7.07. The van der Waals surface area contributed by atoms with Crippen molar-refractivity contribution in [2.24, 2.45) is 0 Å². The summed E-state index contributed by atoms with van der Waals surface area (Å²) in [5, 5.41) is 5.75. The molecule has 3 nitrogen and oxygen atoms in total. The Morgan fingerprint density at radius 3 is 3.06 bits per heavy atom. The van der Waals surface area contributed by atoms with Crippen LogP contribution in [0.4, 0.5) is 0 Å². The molecule has 2 unspecified atom stereocenters. The molecule has 1 fully saturated rings. The maximum absolute atomic E-state index is 4.30. The quantitative estimate of drug-likeness (QED) is 0.872. The fourth-order valence-corrected chi connectivity index (χ4v) is 2.95. The number of rotatable bonds is 4. The monoisotopic (exact) mass is 239 g/mol. The summed E-state index contributed by atoms with van der Waals surface area (Å²) in [6, 6.07) is 1.42. The van der Waals surface area contributed by atoms with Gasteiger partial charge in [0.2, 0.25) is 0 Å². The average molecular weight is 239 g/mol. The SMILES string of the molecule is CN(C)C1CCCC(NCc2cscn2)C1. The van der Waals surface area contributed by atoms with Crippen LogP contribution in [0.2, 0.25) is 0 Å². The van der Waals surface area contributed by atoms with Crippen molar-refractivity contribution in [1.29, 1.82) is 0 Å². The molecule has 16 heavy (non-hydrogen) atoms. The number of hydrogen-bond donors (Lipinski definition) is 1. The summed E-state index contributed by atoms with van der Waals surface area (Å²) in [5.74, 6) is 0. The van der Waals surface area contributed by atoms with Crippen molar-refractivity contribution in [3.8, 4) is 0 Å². The molecule has 0 radical (unpaired) electrons. The Bertz CT molecular complexity index is 297. The van der Waals surface area contributed by atoms with E-state index in [-0.39, 0.29) is 0 Å². The van der Waals surface area contributed by atoms with Crippen LogP contribution in [0.25, 0.3) is 0 Å². The van der Waals surface area contributed by atoms with Crippen LogP contribution in [0, 0.1) is 0 Å². The molecule has 1 heterocycles. The Hall–Kier alpha value is -0.450. The molecule has 0 aromatic carbocycles. The molecule has 1 saturated carbocycles. The van der Waals surface area contributed by atoms with Crippen LogP contribution in [-0.4, -0.2) is 36.1 Å². The summed E-state index contributed by atoms with van der Waals surface area (Å²) in [5.41, 5.74) is 3.08. The van der Waals surface area contributed by atoms with Gasteiger partial charge in [0.15, 0.2) is 0 Å². The Labute approximate surface area is 102 Å². The molecule has 4 heteroatoms. The first-order valence-corrected chi connectivity index (χ1v) is 6.97. The second kappa shape index (κ2) is 5.75. The Morgan fingerprint density at radius 2 is 2.38 bits per heavy atom. The van der Waals surface area contributed by atoms with Gasteiger partial charge in [0.25, 0.3) is 0 Å². The second-order valence-electron chi connectivity index (χ2n) is 4.84. The standard InChI is InChI=1S/C12H21N3S/c1-15(2)12-5-3-4-10(6-12)13-7-11-8-16-9-14-11/h8-10,12-13H,3-7H2,1-2H3. The zero-order chi connectivity index (χ0) is 11.4. The largest absolute Gasteiger partial charge is 0.308 e. The maximum atomic E-state index is 4.30. The molecule has 1 N–H and O–H groups in total. The lowest BCUT2D eigenvalue weighted by atomic mass is 9.90. The van der Waals surface area contributed by atoms with Crippen LogP contribution in [0.3, 0.4) is 0 Å². The van der Waals surface area contributed by atoms with E-state index in [4.69, 9.17) is 0 Å². The van der Waals surface area contributed by atoms with Crippen LogP contribution in [0.5, 0.6) is 0 Å². The van der Waals surface area contributed by atoms with E-state index in [1.54, 1.807) is 11.3 Å². The molecule has 0 spiro atoms. The number of hydrogen-bond acceptors (Lipinski definition) is 4. The van der Waals surface area contributed by atoms with Crippen molar-refractivity contribution in [3.05, 3.63) is 16.6 Å². The Kier molecular flexibility index (Phi) is 4.32. The fraction of sp³-hybridized carbons (Fsp3) is 0.750. The number of thiazole rings is 1. The van der Waals surface area contributed by atoms with Gasteiger partial charge in [0, 0.05) is 24.0 Å². The second-order valence-corrected chi connectivity index (χ2v) is 5.56. The van der Waals surface area contributed by atoms with Gasteiger partial charge in [-0.05, 0) is 33.4 Å². The molecule has 0 amide bonds. The zero-order valence-corrected chi connectivity index (χ0v) is 11.0. The molecule has 1 aliphatic carbocycles. The minimum atomic E-state index is 0.669. The number of aromatic nitrogens is 1. The Morgan fingerprint density at radius 1 is 1.50 bits per heavy atom. The van der Waals surface area contributed by atoms with Gasteiger partial charge >= 0.3 is 0 Å². The van der Waals surface area contributed by atoms with Crippen LogP contribution < -0.4 is 5.32 Å². The fourth-order valence-electron chi connectivity index (χ4n) is 2.39. The first kappa shape index (κ1) is 12.0. The molecule has 1 aromatic heterocycles. The lowest BCUT2D eigenvalue weighted by molar-refractivity contribution is 0.198. The molecule has 1 aliphatic rings. The van der Waals surface area contributed by atoms with Crippen molar-refractivity contribution >= 4 is 11.3 Å². The van der Waals surface area contributed by atoms with Crippen LogP contribution in [-0.2, 0) is 6.54 Å². The van der Waals surface area contributed by atoms with Gasteiger partial charge in [0.05, 0.1) is 11.2 Å². The van der Waals surface area contributed by atoms with E-state index < -0.39 is 0 Å². The van der Waals surface area contributed by atoms with E-state index in [0.717, 1.165) is 12.6 Å². The smallest absolute Gasteiger partial charge is 0.0795 e. The topological polar surface area (TPSA) is 28.2 Å². The molecule has 2 atom stereocenters. The molecule has 0 bridgehead atoms. The summed E-state index contributed by atoms with van der Waals surface area (Å²) >= 11 is 1.67. The third kappa shape index (κ3) is 3.27. The van der Waals surface area contributed by atoms with Crippen molar-refractivity contribution in [2.45, 2.75) is 44.3 Å². The van der Waals surface area contributed by atoms with Crippen LogP contribution in [0.15, 0.2) is 10.9 Å². The average Bonchev–Trinajstić information content (AvgIpc) is 2.79. The normalized spacial score (nSPS) is 26.2. The van der Waals surface area contributed by atoms with E-state index in [1.165, 1.54) is 31.4 Å². The van der Waals surface area contributed by atoms with Crippen LogP contribution >= 0.6 is 11.3 Å². The molecule has 2 rings (SSSR count). The Balaban J connectivity index is 1.77. The highest BCUT2D eigenvalue weighted by atomic mass is 32.1. The van der Waals surface area contributed by atoms with Gasteiger partial charge in [-0.1, -0.05) is 6.42 Å². The van der Waals surface area contributed by atoms with Crippen molar-refractivity contribution in [3.63, 3.8) is 0 Å². The van der Waals surface area contributed by atoms with E-state index in [0.29, 0.717) is 6.04 Å². The van der Waals surface area contributed by atoms with Gasteiger partial charge in [-0.3, -0.25) is 0 Å². The predicted octanol–water partition coefficient (Wildman–Crippen LogP) is 2.11. The van der Waals surface area contributed by atoms with E-state index in [9.17, 15) is 0 Å². The molecule has 0 aliphatic heterocycles. The summed E-state index contributed by atoms with van der Waals surface area (Å²) in [6.45, 7) is 0.925. The van der Waals surface area contributed by atoms with Crippen molar-refractivity contribution < 1.29 is 0 Å². The van der Waals surface area contributed by atoms with Gasteiger partial charge in [-0.25, -0.2) is 4.98 Å². The summed E-state index contributed by atoms with van der Waals surface area (Å²) in [6.07, 6.45) is 5.28. The first-order valence-electron chi connectivity index (χ1n) is 6.02. The van der Waals surface area contributed by atoms with Crippen molar-refractivity contribution in [1.82, 2.24) is 15.2 Å². The number of nitrogens with one attached hydrogen (secondary N) is 1. The summed E-state index contributed by atoms with van der Waals surface area (Å²) in [4.78, 5) is 6.66. The van der Waals surface area contributed by atoms with Gasteiger partial charge in [0.1, 0.15) is 0 Å². The molecular weight excluding hydrogens is 218 g/mol. The van der Waals surface area contributed by atoms with E-state index in [1.807, 2.05) is 5.51 Å². The van der Waals surface area contributed by atoms with E-state index >= 15 is 0 Å². The first-order chi connectivity index (χ1) is 7.75. The van der Waals surface area contributed by atoms with Crippen LogP contribution in [0.1, 0.15) is 31.4 Å². The molecule has 0 saturated heterocycles. The minimum absolute atomic E-state index is 0.669. The van der Waals surface area contributed by atoms with E-state index in [2.05, 4.69) is 34.7 Å². The number of nitrogens with zero attached hydrogens (tertiary/aromatic N) is 2. The van der Waals surface area contributed by atoms with Gasteiger partial charge in [-0.2, -0.15) is 0 Å². The molecular formula is C12H21N3S. The highest BCUT2D eigenvalue weighted by Crippen LogP contribution is 2.21. The lowest BCUT2D eigenvalue weighted by Gasteiger charge is -2.33. The van der Waals surface area contributed by atoms with Gasteiger partial charge in [-0.15, -0.1) is 11.3 Å². The lowest BCUT2D eigenvalue weighted by Crippen LogP contribution is -2.41. The van der Waals surface area contributed by atoms with Crippen molar-refractivity contribution in [2.75, 3.05) is 14.1 Å². The van der Waals surface area contributed by atoms with Gasteiger partial charge < -0.3 is 10.2 Å². The highest BCUT2D eigenvalue weighted by Gasteiger charge is 2.22. The summed E-state index contributed by atoms with van der Waals surface area (Å²) < 4.78 is 0. The zero-order valence-electron chi connectivity index (χ0n) is 10.1. The predicted molar refractivity (Wildman–Crippen MR) is 68.7 cm³/mol.